The molecule has 0 amide bonds. The number of nitrogens with two attached hydrogens (primary N) is 1. The number of halogens is 1. The molecule has 0 saturated carbocycles. The molecule has 1 unspecified atom stereocenters. The minimum atomic E-state index is -0.312. The van der Waals surface area contributed by atoms with E-state index in [0.717, 1.165) is 5.56 Å². The Bertz CT molecular complexity index is 1110. The van der Waals surface area contributed by atoms with Crippen molar-refractivity contribution in [3.8, 4) is 11.3 Å². The van der Waals surface area contributed by atoms with E-state index >= 15 is 0 Å². The lowest BCUT2D eigenvalue weighted by molar-refractivity contribution is 0.0946. The summed E-state index contributed by atoms with van der Waals surface area (Å²) >= 11 is 0. The molecule has 0 bridgehead atoms. The Morgan fingerprint density at radius 3 is 2.69 bits per heavy atom. The van der Waals surface area contributed by atoms with Crippen LogP contribution >= 0.6 is 0 Å². The highest BCUT2D eigenvalue weighted by atomic mass is 19.1. The first-order chi connectivity index (χ1) is 14.1. The summed E-state index contributed by atoms with van der Waals surface area (Å²) in [6, 6.07) is 13.0. The number of hydrogen-bond acceptors (Lipinski definition) is 5. The molecule has 1 aliphatic carbocycles. The number of carbonyl (C=O) groups excluding carboxylic acids is 1. The van der Waals surface area contributed by atoms with Gasteiger partial charge in [-0.15, -0.1) is 0 Å². The van der Waals surface area contributed by atoms with Gasteiger partial charge in [0.15, 0.2) is 5.78 Å². The summed E-state index contributed by atoms with van der Waals surface area (Å²) in [5.41, 5.74) is 9.10. The van der Waals surface area contributed by atoms with Crippen LogP contribution in [0.3, 0.4) is 0 Å². The van der Waals surface area contributed by atoms with E-state index in [1.807, 2.05) is 30.4 Å². The molecular formula is C23H19FN4O. The Balaban J connectivity index is 1.61. The maximum absolute atomic E-state index is 13.1. The summed E-state index contributed by atoms with van der Waals surface area (Å²) < 4.78 is 13.1. The van der Waals surface area contributed by atoms with E-state index in [-0.39, 0.29) is 17.5 Å². The molecular weight excluding hydrogens is 367 g/mol. The molecule has 1 aromatic heterocycles. The summed E-state index contributed by atoms with van der Waals surface area (Å²) in [4.78, 5) is 21.6. The van der Waals surface area contributed by atoms with Gasteiger partial charge in [0, 0.05) is 34.6 Å². The average molecular weight is 386 g/mol. The Hall–Kier alpha value is -3.80. The number of Topliss-reactive ketones (excluding diaryl/α,β-unsaturated/α-hetero) is 1. The number of hydrogen-bond donors (Lipinski definition) is 2. The molecule has 1 aliphatic rings. The molecule has 3 N–H and O–H groups in total. The first-order valence-electron chi connectivity index (χ1n) is 9.23. The van der Waals surface area contributed by atoms with Crippen LogP contribution in [-0.2, 0) is 0 Å². The van der Waals surface area contributed by atoms with Crippen molar-refractivity contribution >= 4 is 23.1 Å². The van der Waals surface area contributed by atoms with Crippen LogP contribution in [0.15, 0.2) is 79.0 Å². The second-order valence-electron chi connectivity index (χ2n) is 6.72. The fourth-order valence-electron chi connectivity index (χ4n) is 3.15. The minimum absolute atomic E-state index is 0.0105. The van der Waals surface area contributed by atoms with Crippen LogP contribution in [0.1, 0.15) is 16.8 Å². The second-order valence-corrected chi connectivity index (χ2v) is 6.72. The predicted molar refractivity (Wildman–Crippen MR) is 112 cm³/mol. The molecule has 5 nitrogen and oxygen atoms in total. The van der Waals surface area contributed by atoms with Gasteiger partial charge in [0.1, 0.15) is 5.82 Å². The van der Waals surface area contributed by atoms with Crippen LogP contribution in [-0.4, -0.2) is 15.8 Å². The zero-order chi connectivity index (χ0) is 20.2. The highest BCUT2D eigenvalue weighted by Gasteiger charge is 2.20. The van der Waals surface area contributed by atoms with Crippen LogP contribution < -0.4 is 11.1 Å². The van der Waals surface area contributed by atoms with Crippen molar-refractivity contribution in [1.29, 1.82) is 0 Å². The van der Waals surface area contributed by atoms with Crippen LogP contribution in [0.25, 0.3) is 11.3 Å². The topological polar surface area (TPSA) is 80.9 Å². The van der Waals surface area contributed by atoms with E-state index in [9.17, 15) is 9.18 Å². The fourth-order valence-corrected chi connectivity index (χ4v) is 3.15. The van der Waals surface area contributed by atoms with E-state index in [1.54, 1.807) is 36.5 Å². The molecule has 6 heteroatoms. The van der Waals surface area contributed by atoms with Gasteiger partial charge in [-0.2, -0.15) is 0 Å². The smallest absolute Gasteiger partial charge is 0.227 e. The maximum atomic E-state index is 13.1. The molecule has 0 aliphatic heterocycles. The van der Waals surface area contributed by atoms with Gasteiger partial charge in [0.05, 0.1) is 5.69 Å². The van der Waals surface area contributed by atoms with Crippen molar-refractivity contribution in [1.82, 2.24) is 9.97 Å². The van der Waals surface area contributed by atoms with Gasteiger partial charge in [-0.05, 0) is 48.9 Å². The molecule has 2 aromatic carbocycles. The summed E-state index contributed by atoms with van der Waals surface area (Å²) in [5.74, 6) is -0.158. The number of benzene rings is 2. The van der Waals surface area contributed by atoms with E-state index in [2.05, 4.69) is 15.3 Å². The lowest BCUT2D eigenvalue weighted by Crippen LogP contribution is -2.15. The number of nitrogens with one attached hydrogen (secondary N) is 1. The third-order valence-electron chi connectivity index (χ3n) is 4.69. The number of nitrogens with zero attached hydrogens (tertiary/aromatic N) is 2. The lowest BCUT2D eigenvalue weighted by atomic mass is 9.90. The second kappa shape index (κ2) is 8.06. The number of allylic oxidation sites excluding steroid dienone is 4. The van der Waals surface area contributed by atoms with E-state index in [1.165, 1.54) is 12.1 Å². The zero-order valence-electron chi connectivity index (χ0n) is 15.5. The van der Waals surface area contributed by atoms with Crippen molar-refractivity contribution in [3.63, 3.8) is 0 Å². The predicted octanol–water partition coefficient (Wildman–Crippen LogP) is 4.92. The molecule has 4 rings (SSSR count). The average Bonchev–Trinajstić information content (AvgIpc) is 2.76. The number of rotatable bonds is 5. The maximum Gasteiger partial charge on any atom is 0.227 e. The van der Waals surface area contributed by atoms with E-state index in [0.29, 0.717) is 35.0 Å². The van der Waals surface area contributed by atoms with Crippen molar-refractivity contribution < 1.29 is 9.18 Å². The first kappa shape index (κ1) is 18.6. The number of ketones is 1. The monoisotopic (exact) mass is 386 g/mol. The van der Waals surface area contributed by atoms with Gasteiger partial charge in [0.25, 0.3) is 0 Å². The van der Waals surface area contributed by atoms with Crippen molar-refractivity contribution in [2.75, 3.05) is 11.1 Å². The van der Waals surface area contributed by atoms with Crippen molar-refractivity contribution in [2.24, 2.45) is 5.92 Å². The van der Waals surface area contributed by atoms with Crippen LogP contribution in [0.2, 0.25) is 0 Å². The Morgan fingerprint density at radius 2 is 1.93 bits per heavy atom. The molecule has 0 spiro atoms. The molecule has 1 atom stereocenters. The molecule has 0 saturated heterocycles. The molecule has 1 heterocycles. The highest BCUT2D eigenvalue weighted by Crippen LogP contribution is 2.27. The molecule has 0 radical (unpaired) electrons. The highest BCUT2D eigenvalue weighted by molar-refractivity contribution is 6.04. The Morgan fingerprint density at radius 1 is 1.10 bits per heavy atom. The van der Waals surface area contributed by atoms with E-state index < -0.39 is 0 Å². The number of nitrogen functional groups attached to an aromatic ring is 1. The van der Waals surface area contributed by atoms with Crippen LogP contribution in [0, 0.1) is 11.7 Å². The van der Waals surface area contributed by atoms with Crippen molar-refractivity contribution in [2.45, 2.75) is 6.42 Å². The van der Waals surface area contributed by atoms with Gasteiger partial charge in [-0.1, -0.05) is 30.4 Å². The largest absolute Gasteiger partial charge is 0.398 e. The first-order valence-corrected chi connectivity index (χ1v) is 9.23. The van der Waals surface area contributed by atoms with Gasteiger partial charge >= 0.3 is 0 Å². The summed E-state index contributed by atoms with van der Waals surface area (Å²) in [6.07, 6.45) is 9.97. The molecule has 144 valence electrons. The quantitative estimate of drug-likeness (QED) is 0.480. The van der Waals surface area contributed by atoms with Crippen LogP contribution in [0.4, 0.5) is 21.7 Å². The minimum Gasteiger partial charge on any atom is -0.398 e. The third-order valence-corrected chi connectivity index (χ3v) is 4.69. The summed E-state index contributed by atoms with van der Waals surface area (Å²) in [5, 5.41) is 3.04. The lowest BCUT2D eigenvalue weighted by Gasteiger charge is -2.14. The van der Waals surface area contributed by atoms with Crippen molar-refractivity contribution in [3.05, 3.63) is 90.4 Å². The summed E-state index contributed by atoms with van der Waals surface area (Å²) in [6.45, 7) is 0. The molecule has 0 fully saturated rings. The van der Waals surface area contributed by atoms with E-state index in [4.69, 9.17) is 5.73 Å². The Kier molecular flexibility index (Phi) is 5.16. The van der Waals surface area contributed by atoms with Gasteiger partial charge in [-0.25, -0.2) is 14.4 Å². The normalized spacial score (nSPS) is 15.3. The zero-order valence-corrected chi connectivity index (χ0v) is 15.5. The van der Waals surface area contributed by atoms with Gasteiger partial charge < -0.3 is 11.1 Å². The molecule has 3 aromatic rings. The van der Waals surface area contributed by atoms with Gasteiger partial charge in [-0.3, -0.25) is 4.79 Å². The van der Waals surface area contributed by atoms with Gasteiger partial charge in [0.2, 0.25) is 5.95 Å². The Labute approximate surface area is 167 Å². The van der Waals surface area contributed by atoms with Crippen LogP contribution in [0.5, 0.6) is 0 Å². The SMILES string of the molecule is Nc1ccc(-c2ccnc(Nc3ccc(F)cc3)n2)cc1C(=O)C1C=CC=CC1. The third kappa shape index (κ3) is 4.21. The number of carbonyl (C=O) groups is 1. The fraction of sp³-hybridized carbons (Fsp3) is 0.0870. The summed E-state index contributed by atoms with van der Waals surface area (Å²) in [7, 11) is 0. The molecule has 29 heavy (non-hydrogen) atoms. The standard InChI is InChI=1S/C23H19FN4O/c24-17-7-9-18(10-8-17)27-23-26-13-12-21(28-23)16-6-11-20(25)19(14-16)22(29)15-4-2-1-3-5-15/h1-4,6-15H,5,25H2,(H,26,27,28). The number of anilines is 3. The number of aromatic nitrogens is 2.